The van der Waals surface area contributed by atoms with Gasteiger partial charge in [0.05, 0.1) is 6.61 Å². The smallest absolute Gasteiger partial charge is 0.250 e. The van der Waals surface area contributed by atoms with Crippen molar-refractivity contribution < 1.29 is 13.0 Å². The minimum atomic E-state index is -2.42. The molecule has 1 saturated heterocycles. The quantitative estimate of drug-likeness (QED) is 0.526. The van der Waals surface area contributed by atoms with E-state index in [0.717, 1.165) is 13.0 Å². The molecule has 0 aromatic rings. The highest BCUT2D eigenvalue weighted by molar-refractivity contribution is 7.93. The van der Waals surface area contributed by atoms with Crippen molar-refractivity contribution in [1.29, 1.82) is 0 Å². The van der Waals surface area contributed by atoms with E-state index < -0.39 is 5.92 Å². The third-order valence-corrected chi connectivity index (χ3v) is 2.81. The van der Waals surface area contributed by atoms with Gasteiger partial charge >= 0.3 is 0 Å². The molecule has 1 aliphatic heterocycles. The second-order valence-corrected chi connectivity index (χ2v) is 4.11. The number of alkyl halides is 2. The normalized spacial score (nSPS) is 22.5. The lowest BCUT2D eigenvalue weighted by Gasteiger charge is -2.31. The molecule has 0 atom stereocenters. The van der Waals surface area contributed by atoms with E-state index >= 15 is 0 Å². The fourth-order valence-corrected chi connectivity index (χ4v) is 1.82. The zero-order valence-electron chi connectivity index (χ0n) is 8.47. The van der Waals surface area contributed by atoms with Crippen molar-refractivity contribution in [2.45, 2.75) is 25.2 Å². The molecule has 1 heterocycles. The van der Waals surface area contributed by atoms with Gasteiger partial charge in [-0.25, -0.2) is 8.78 Å². The Bertz CT molecular complexity index is 159. The monoisotopic (exact) mass is 225 g/mol. The van der Waals surface area contributed by atoms with Crippen LogP contribution in [0.25, 0.3) is 0 Å². The summed E-state index contributed by atoms with van der Waals surface area (Å²) in [6.45, 7) is 2.61. The Kier molecular flexibility index (Phi) is 5.12. The van der Waals surface area contributed by atoms with Gasteiger partial charge in [0.2, 0.25) is 0 Å². The van der Waals surface area contributed by atoms with Crippen molar-refractivity contribution in [1.82, 2.24) is 4.90 Å². The maximum absolute atomic E-state index is 12.8. The molecule has 14 heavy (non-hydrogen) atoms. The Morgan fingerprint density at radius 3 is 2.57 bits per heavy atom. The van der Waals surface area contributed by atoms with Crippen LogP contribution in [0.4, 0.5) is 8.78 Å². The molecule has 0 aliphatic carbocycles. The second-order valence-electron chi connectivity index (χ2n) is 3.54. The summed E-state index contributed by atoms with van der Waals surface area (Å²) < 4.78 is 30.6. The first kappa shape index (κ1) is 12.2. The molecule has 0 saturated carbocycles. The van der Waals surface area contributed by atoms with Gasteiger partial charge in [-0.2, -0.15) is 0 Å². The third kappa shape index (κ3) is 4.57. The van der Waals surface area contributed by atoms with Gasteiger partial charge in [0.15, 0.2) is 0 Å². The van der Waals surface area contributed by atoms with Crippen LogP contribution >= 0.6 is 12.0 Å². The van der Waals surface area contributed by atoms with Crippen molar-refractivity contribution in [3.63, 3.8) is 0 Å². The Hall–Kier alpha value is 0.130. The molecule has 0 radical (unpaired) electrons. The predicted molar refractivity (Wildman–Crippen MR) is 54.7 cm³/mol. The first-order valence-electron chi connectivity index (χ1n) is 4.90. The van der Waals surface area contributed by atoms with Crippen LogP contribution in [0.1, 0.15) is 19.3 Å². The first-order valence-corrected chi connectivity index (χ1v) is 6.05. The molecule has 84 valence electrons. The maximum atomic E-state index is 12.8. The van der Waals surface area contributed by atoms with Crippen LogP contribution in [0.5, 0.6) is 0 Å². The minimum absolute atomic E-state index is 0.0103. The lowest BCUT2D eigenvalue weighted by atomic mass is 10.1. The topological polar surface area (TPSA) is 12.5 Å². The summed E-state index contributed by atoms with van der Waals surface area (Å²) in [4.78, 5) is 2.08. The van der Waals surface area contributed by atoms with Gasteiger partial charge in [0.25, 0.3) is 5.92 Å². The molecule has 2 nitrogen and oxygen atoms in total. The fourth-order valence-electron chi connectivity index (χ4n) is 1.53. The van der Waals surface area contributed by atoms with E-state index in [1.54, 1.807) is 0 Å². The van der Waals surface area contributed by atoms with Crippen molar-refractivity contribution >= 4 is 12.0 Å². The summed E-state index contributed by atoms with van der Waals surface area (Å²) in [6.07, 6.45) is 2.82. The van der Waals surface area contributed by atoms with Crippen LogP contribution < -0.4 is 0 Å². The largest absolute Gasteiger partial charge is 0.316 e. The van der Waals surface area contributed by atoms with Crippen molar-refractivity contribution in [3.05, 3.63) is 0 Å². The van der Waals surface area contributed by atoms with E-state index in [4.69, 9.17) is 4.18 Å². The van der Waals surface area contributed by atoms with E-state index in [-0.39, 0.29) is 12.8 Å². The Balaban J connectivity index is 2.04. The number of halogens is 2. The molecular formula is C9H17F2NOS. The van der Waals surface area contributed by atoms with Gasteiger partial charge in [0, 0.05) is 38.7 Å². The molecule has 1 aliphatic rings. The van der Waals surface area contributed by atoms with Gasteiger partial charge in [-0.3, -0.25) is 0 Å². The zero-order chi connectivity index (χ0) is 10.4. The highest BCUT2D eigenvalue weighted by Crippen LogP contribution is 2.27. The molecule has 0 aromatic carbocycles. The number of piperidine rings is 1. The van der Waals surface area contributed by atoms with Crippen LogP contribution in [0.15, 0.2) is 0 Å². The molecule has 1 rings (SSSR count). The number of nitrogens with zero attached hydrogens (tertiary/aromatic N) is 1. The number of hydrogen-bond acceptors (Lipinski definition) is 3. The summed E-state index contributed by atoms with van der Waals surface area (Å²) in [5.41, 5.74) is 0. The summed E-state index contributed by atoms with van der Waals surface area (Å²) in [6, 6.07) is 0. The van der Waals surface area contributed by atoms with Crippen LogP contribution in [0.2, 0.25) is 0 Å². The molecule has 0 aromatic heterocycles. The van der Waals surface area contributed by atoms with Gasteiger partial charge < -0.3 is 9.08 Å². The lowest BCUT2D eigenvalue weighted by molar-refractivity contribution is -0.0554. The average molecular weight is 225 g/mol. The summed E-state index contributed by atoms with van der Waals surface area (Å²) in [5, 5.41) is 0. The van der Waals surface area contributed by atoms with Crippen LogP contribution in [0, 0.1) is 0 Å². The Labute approximate surface area is 88.2 Å². The van der Waals surface area contributed by atoms with E-state index in [9.17, 15) is 8.78 Å². The molecule has 0 N–H and O–H groups in total. The van der Waals surface area contributed by atoms with E-state index in [0.29, 0.717) is 19.7 Å². The van der Waals surface area contributed by atoms with Gasteiger partial charge in [0.1, 0.15) is 0 Å². The molecule has 5 heteroatoms. The maximum Gasteiger partial charge on any atom is 0.250 e. The third-order valence-electron chi connectivity index (χ3n) is 2.41. The summed E-state index contributed by atoms with van der Waals surface area (Å²) in [5.74, 6) is -2.42. The molecule has 0 bridgehead atoms. The average Bonchev–Trinajstić information content (AvgIpc) is 2.15. The van der Waals surface area contributed by atoms with Gasteiger partial charge in [-0.1, -0.05) is 0 Å². The number of likely N-dealkylation sites (tertiary alicyclic amines) is 1. The molecule has 1 fully saturated rings. The Morgan fingerprint density at radius 2 is 2.00 bits per heavy atom. The predicted octanol–water partition coefficient (Wildman–Crippen LogP) is 2.40. The van der Waals surface area contributed by atoms with E-state index in [2.05, 4.69) is 4.90 Å². The number of rotatable bonds is 5. The van der Waals surface area contributed by atoms with Gasteiger partial charge in [-0.15, -0.1) is 0 Å². The van der Waals surface area contributed by atoms with Crippen LogP contribution in [-0.2, 0) is 4.18 Å². The highest BCUT2D eigenvalue weighted by atomic mass is 32.2. The molecule has 0 unspecified atom stereocenters. The van der Waals surface area contributed by atoms with E-state index in [1.165, 1.54) is 12.0 Å². The zero-order valence-corrected chi connectivity index (χ0v) is 9.29. The number of hydrogen-bond donors (Lipinski definition) is 0. The minimum Gasteiger partial charge on any atom is -0.316 e. The summed E-state index contributed by atoms with van der Waals surface area (Å²) >= 11 is 1.35. The SMILES string of the molecule is CSOCCCN1CCC(F)(F)CC1. The first-order chi connectivity index (χ1) is 6.64. The Morgan fingerprint density at radius 1 is 1.36 bits per heavy atom. The van der Waals surface area contributed by atoms with E-state index in [1.807, 2.05) is 6.26 Å². The molecule has 0 spiro atoms. The molecular weight excluding hydrogens is 208 g/mol. The highest BCUT2D eigenvalue weighted by Gasteiger charge is 2.33. The van der Waals surface area contributed by atoms with Crippen LogP contribution in [0.3, 0.4) is 0 Å². The summed E-state index contributed by atoms with van der Waals surface area (Å²) in [7, 11) is 0. The standard InChI is InChI=1S/C9H17F2NOS/c1-14-13-8-2-5-12-6-3-9(10,11)4-7-12/h2-8H2,1H3. The fraction of sp³-hybridized carbons (Fsp3) is 1.00. The van der Waals surface area contributed by atoms with Crippen molar-refractivity contribution in [3.8, 4) is 0 Å². The van der Waals surface area contributed by atoms with Gasteiger partial charge in [-0.05, 0) is 18.5 Å². The second kappa shape index (κ2) is 5.88. The van der Waals surface area contributed by atoms with Crippen LogP contribution in [-0.4, -0.2) is 43.3 Å². The molecule has 0 amide bonds. The lowest BCUT2D eigenvalue weighted by Crippen LogP contribution is -2.39. The van der Waals surface area contributed by atoms with Crippen molar-refractivity contribution in [2.75, 3.05) is 32.5 Å². The van der Waals surface area contributed by atoms with Crippen molar-refractivity contribution in [2.24, 2.45) is 0 Å².